The molecule has 0 spiro atoms. The number of nitrogens with one attached hydrogen (secondary N) is 1. The van der Waals surface area contributed by atoms with Gasteiger partial charge >= 0.3 is 5.97 Å². The van der Waals surface area contributed by atoms with Gasteiger partial charge in [-0.05, 0) is 42.2 Å². The number of carbonyl (C=O) groups is 3. The van der Waals surface area contributed by atoms with E-state index in [9.17, 15) is 14.4 Å². The fourth-order valence-corrected chi connectivity index (χ4v) is 4.15. The van der Waals surface area contributed by atoms with Crippen molar-refractivity contribution in [2.45, 2.75) is 45.6 Å². The Kier molecular flexibility index (Phi) is 9.04. The van der Waals surface area contributed by atoms with E-state index in [4.69, 9.17) is 4.74 Å². The maximum atomic E-state index is 12.6. The molecule has 0 bridgehead atoms. The number of ether oxygens (including phenoxy) is 1. The second-order valence-electron chi connectivity index (χ2n) is 9.07. The van der Waals surface area contributed by atoms with Crippen molar-refractivity contribution in [3.63, 3.8) is 0 Å². The van der Waals surface area contributed by atoms with Gasteiger partial charge in [0.15, 0.2) is 6.61 Å². The Balaban J connectivity index is 1.42. The summed E-state index contributed by atoms with van der Waals surface area (Å²) in [6.07, 6.45) is 3.10. The van der Waals surface area contributed by atoms with Gasteiger partial charge in [-0.3, -0.25) is 9.59 Å². The average Bonchev–Trinajstić information content (AvgIpc) is 2.82. The minimum atomic E-state index is -0.786. The summed E-state index contributed by atoms with van der Waals surface area (Å²) in [5, 5.41) is 2.76. The van der Waals surface area contributed by atoms with E-state index in [1.807, 2.05) is 50.2 Å². The van der Waals surface area contributed by atoms with Crippen LogP contribution in [0.1, 0.15) is 37.8 Å². The maximum absolute atomic E-state index is 12.6. The van der Waals surface area contributed by atoms with Gasteiger partial charge in [0.1, 0.15) is 6.04 Å². The molecule has 0 radical (unpaired) electrons. The number of piperidine rings is 1. The molecule has 2 aromatic carbocycles. The first-order chi connectivity index (χ1) is 15.9. The van der Waals surface area contributed by atoms with Crippen LogP contribution in [0.15, 0.2) is 60.7 Å². The fraction of sp³-hybridized carbons (Fsp3) is 0.444. The Hall–Kier alpha value is -3.15. The highest BCUT2D eigenvalue weighted by molar-refractivity contribution is 5.87. The monoisotopic (exact) mass is 450 g/mol. The normalized spacial score (nSPS) is 15.2. The van der Waals surface area contributed by atoms with Gasteiger partial charge < -0.3 is 15.0 Å². The van der Waals surface area contributed by atoms with Crippen LogP contribution in [-0.4, -0.2) is 48.4 Å². The van der Waals surface area contributed by atoms with Crippen molar-refractivity contribution in [2.75, 3.05) is 19.7 Å². The lowest BCUT2D eigenvalue weighted by Gasteiger charge is -2.32. The van der Waals surface area contributed by atoms with Crippen LogP contribution in [0.4, 0.5) is 0 Å². The summed E-state index contributed by atoms with van der Waals surface area (Å²) in [5.74, 6) is -0.591. The largest absolute Gasteiger partial charge is 0.454 e. The van der Waals surface area contributed by atoms with Crippen molar-refractivity contribution in [3.05, 3.63) is 71.8 Å². The standard InChI is InChI=1S/C27H34N2O4/c1-20(2)26(28-24(30)18-22-11-7-4-8-12-22)27(32)33-19-25(31)29-15-13-23(14-16-29)17-21-9-5-3-6-10-21/h3-12,20,23,26H,13-19H2,1-2H3,(H,28,30)/t26-/m1/s1. The molecule has 6 nitrogen and oxygen atoms in total. The highest BCUT2D eigenvalue weighted by Crippen LogP contribution is 2.21. The molecule has 33 heavy (non-hydrogen) atoms. The number of hydrogen-bond acceptors (Lipinski definition) is 4. The van der Waals surface area contributed by atoms with Gasteiger partial charge in [-0.2, -0.15) is 0 Å². The van der Waals surface area contributed by atoms with E-state index in [2.05, 4.69) is 29.6 Å². The number of amides is 2. The summed E-state index contributed by atoms with van der Waals surface area (Å²) >= 11 is 0. The van der Waals surface area contributed by atoms with Crippen LogP contribution in [0.5, 0.6) is 0 Å². The number of carbonyl (C=O) groups excluding carboxylic acids is 3. The van der Waals surface area contributed by atoms with Crippen LogP contribution in [-0.2, 0) is 32.0 Å². The molecule has 1 N–H and O–H groups in total. The second-order valence-corrected chi connectivity index (χ2v) is 9.07. The van der Waals surface area contributed by atoms with E-state index >= 15 is 0 Å². The SMILES string of the molecule is CC(C)[C@@H](NC(=O)Cc1ccccc1)C(=O)OCC(=O)N1CCC(Cc2ccccc2)CC1. The summed E-state index contributed by atoms with van der Waals surface area (Å²) in [5.41, 5.74) is 2.20. The molecule has 6 heteroatoms. The van der Waals surface area contributed by atoms with Crippen molar-refractivity contribution >= 4 is 17.8 Å². The van der Waals surface area contributed by atoms with Crippen LogP contribution >= 0.6 is 0 Å². The maximum Gasteiger partial charge on any atom is 0.329 e. The Labute approximate surface area is 196 Å². The van der Waals surface area contributed by atoms with Crippen LogP contribution in [0, 0.1) is 11.8 Å². The predicted octanol–water partition coefficient (Wildman–Crippen LogP) is 3.39. The molecular formula is C27H34N2O4. The van der Waals surface area contributed by atoms with Crippen molar-refractivity contribution in [3.8, 4) is 0 Å². The van der Waals surface area contributed by atoms with E-state index in [1.54, 1.807) is 4.90 Å². The predicted molar refractivity (Wildman–Crippen MR) is 127 cm³/mol. The molecule has 1 aliphatic rings. The smallest absolute Gasteiger partial charge is 0.329 e. The van der Waals surface area contributed by atoms with Gasteiger partial charge in [-0.25, -0.2) is 4.79 Å². The molecule has 2 amide bonds. The summed E-state index contributed by atoms with van der Waals surface area (Å²) < 4.78 is 5.31. The highest BCUT2D eigenvalue weighted by Gasteiger charge is 2.28. The van der Waals surface area contributed by atoms with Crippen molar-refractivity contribution in [1.82, 2.24) is 10.2 Å². The first kappa shape index (κ1) is 24.5. The Morgan fingerprint density at radius 1 is 0.939 bits per heavy atom. The number of likely N-dealkylation sites (tertiary alicyclic amines) is 1. The molecular weight excluding hydrogens is 416 g/mol. The van der Waals surface area contributed by atoms with Gasteiger partial charge in [-0.15, -0.1) is 0 Å². The van der Waals surface area contributed by atoms with Gasteiger partial charge in [-0.1, -0.05) is 74.5 Å². The quantitative estimate of drug-likeness (QED) is 0.594. The Morgan fingerprint density at radius 2 is 1.52 bits per heavy atom. The molecule has 1 atom stereocenters. The van der Waals surface area contributed by atoms with Crippen molar-refractivity contribution < 1.29 is 19.1 Å². The fourth-order valence-electron chi connectivity index (χ4n) is 4.15. The Morgan fingerprint density at radius 3 is 2.09 bits per heavy atom. The topological polar surface area (TPSA) is 75.7 Å². The van der Waals surface area contributed by atoms with Gasteiger partial charge in [0, 0.05) is 13.1 Å². The summed E-state index contributed by atoms with van der Waals surface area (Å²) in [6, 6.07) is 19.0. The molecule has 0 saturated carbocycles. The van der Waals surface area contributed by atoms with Crippen LogP contribution < -0.4 is 5.32 Å². The summed E-state index contributed by atoms with van der Waals surface area (Å²) in [6.45, 7) is 4.74. The third-order valence-electron chi connectivity index (χ3n) is 6.12. The highest BCUT2D eigenvalue weighted by atomic mass is 16.5. The summed E-state index contributed by atoms with van der Waals surface area (Å²) in [7, 11) is 0. The molecule has 1 saturated heterocycles. The van der Waals surface area contributed by atoms with Gasteiger partial charge in [0.05, 0.1) is 6.42 Å². The van der Waals surface area contributed by atoms with E-state index in [1.165, 1.54) is 5.56 Å². The molecule has 0 aliphatic carbocycles. The zero-order valence-corrected chi connectivity index (χ0v) is 19.5. The lowest BCUT2D eigenvalue weighted by atomic mass is 9.90. The number of benzene rings is 2. The number of nitrogens with zero attached hydrogens (tertiary/aromatic N) is 1. The summed E-state index contributed by atoms with van der Waals surface area (Å²) in [4.78, 5) is 39.3. The Bertz CT molecular complexity index is 906. The molecule has 176 valence electrons. The lowest BCUT2D eigenvalue weighted by Crippen LogP contribution is -2.47. The first-order valence-corrected chi connectivity index (χ1v) is 11.7. The van der Waals surface area contributed by atoms with Crippen LogP contribution in [0.3, 0.4) is 0 Å². The van der Waals surface area contributed by atoms with Crippen LogP contribution in [0.2, 0.25) is 0 Å². The van der Waals surface area contributed by atoms with E-state index in [0.717, 1.165) is 24.8 Å². The molecule has 0 aromatic heterocycles. The molecule has 1 fully saturated rings. The zero-order chi connectivity index (χ0) is 23.6. The zero-order valence-electron chi connectivity index (χ0n) is 19.5. The van der Waals surface area contributed by atoms with Crippen molar-refractivity contribution in [2.24, 2.45) is 11.8 Å². The molecule has 1 aliphatic heterocycles. The van der Waals surface area contributed by atoms with Crippen LogP contribution in [0.25, 0.3) is 0 Å². The third kappa shape index (κ3) is 7.74. The minimum Gasteiger partial charge on any atom is -0.454 e. The first-order valence-electron chi connectivity index (χ1n) is 11.7. The molecule has 2 aromatic rings. The van der Waals surface area contributed by atoms with Gasteiger partial charge in [0.2, 0.25) is 5.91 Å². The van der Waals surface area contributed by atoms with Gasteiger partial charge in [0.25, 0.3) is 5.91 Å². The number of hydrogen-bond donors (Lipinski definition) is 1. The lowest BCUT2D eigenvalue weighted by molar-refractivity contribution is -0.156. The minimum absolute atomic E-state index is 0.152. The third-order valence-corrected chi connectivity index (χ3v) is 6.12. The number of esters is 1. The van der Waals surface area contributed by atoms with E-state index < -0.39 is 12.0 Å². The molecule has 3 rings (SSSR count). The molecule has 0 unspecified atom stereocenters. The van der Waals surface area contributed by atoms with E-state index in [0.29, 0.717) is 19.0 Å². The molecule has 1 heterocycles. The van der Waals surface area contributed by atoms with E-state index in [-0.39, 0.29) is 30.8 Å². The number of rotatable bonds is 9. The second kappa shape index (κ2) is 12.2. The van der Waals surface area contributed by atoms with Crippen molar-refractivity contribution in [1.29, 1.82) is 0 Å². The average molecular weight is 451 g/mol.